The smallest absolute Gasteiger partial charge is 0.160 e. The predicted molar refractivity (Wildman–Crippen MR) is 213 cm³/mol. The van der Waals surface area contributed by atoms with Crippen molar-refractivity contribution in [3.05, 3.63) is 174 Å². The molecule has 0 saturated carbocycles. The third kappa shape index (κ3) is 4.64. The maximum absolute atomic E-state index is 6.28. The van der Waals surface area contributed by atoms with Gasteiger partial charge in [-0.15, -0.1) is 11.3 Å². The SMILES string of the molecule is CC1=C(c2ccc3sc4ccccc4c3c2)N=C(c2ccc(-c3cccc4oc5ccccc5c34)c3ccccc23)N=C(c2ccccc2)C1. The van der Waals surface area contributed by atoms with Gasteiger partial charge < -0.3 is 4.42 Å². The van der Waals surface area contributed by atoms with E-state index in [0.29, 0.717) is 6.42 Å². The van der Waals surface area contributed by atoms with E-state index < -0.39 is 0 Å². The van der Waals surface area contributed by atoms with Crippen molar-refractivity contribution >= 4 is 81.5 Å². The lowest BCUT2D eigenvalue weighted by molar-refractivity contribution is 0.669. The highest BCUT2D eigenvalue weighted by atomic mass is 32.1. The number of allylic oxidation sites excluding steroid dienone is 1. The molecule has 7 aromatic carbocycles. The first-order valence-corrected chi connectivity index (χ1v) is 17.8. The lowest BCUT2D eigenvalue weighted by atomic mass is 9.92. The van der Waals surface area contributed by atoms with Gasteiger partial charge in [-0.1, -0.05) is 115 Å². The first kappa shape index (κ1) is 28.9. The number of fused-ring (bicyclic) bond motifs is 7. The summed E-state index contributed by atoms with van der Waals surface area (Å²) in [5, 5.41) is 7.08. The molecule has 2 aromatic heterocycles. The molecule has 1 aliphatic rings. The molecule has 3 nitrogen and oxygen atoms in total. The van der Waals surface area contributed by atoms with E-state index in [1.54, 1.807) is 0 Å². The number of aliphatic imine (C=N–C) groups is 2. The summed E-state index contributed by atoms with van der Waals surface area (Å²) < 4.78 is 8.87. The summed E-state index contributed by atoms with van der Waals surface area (Å²) in [6.45, 7) is 2.20. The number of benzene rings is 7. The Morgan fingerprint density at radius 1 is 0.500 bits per heavy atom. The summed E-state index contributed by atoms with van der Waals surface area (Å²) in [6.07, 6.45) is 0.709. The van der Waals surface area contributed by atoms with Gasteiger partial charge in [0, 0.05) is 48.5 Å². The number of para-hydroxylation sites is 1. The minimum absolute atomic E-state index is 0.709. The molecule has 3 heterocycles. The van der Waals surface area contributed by atoms with Crippen LogP contribution in [0.3, 0.4) is 0 Å². The Morgan fingerprint density at radius 3 is 2.04 bits per heavy atom. The van der Waals surface area contributed by atoms with Gasteiger partial charge in [0.15, 0.2) is 5.84 Å². The molecule has 0 saturated heterocycles. The Bertz CT molecular complexity index is 2900. The number of thiophene rings is 1. The van der Waals surface area contributed by atoms with Crippen LogP contribution in [0.5, 0.6) is 0 Å². The zero-order valence-electron chi connectivity index (χ0n) is 27.4. The molecule has 0 bridgehead atoms. The molecule has 236 valence electrons. The summed E-state index contributed by atoms with van der Waals surface area (Å²) in [6, 6.07) is 53.7. The maximum Gasteiger partial charge on any atom is 0.160 e. The van der Waals surface area contributed by atoms with Crippen molar-refractivity contribution in [2.45, 2.75) is 13.3 Å². The molecule has 0 fully saturated rings. The van der Waals surface area contributed by atoms with E-state index >= 15 is 0 Å². The highest BCUT2D eigenvalue weighted by Crippen LogP contribution is 2.41. The van der Waals surface area contributed by atoms with E-state index in [1.807, 2.05) is 23.5 Å². The van der Waals surface area contributed by atoms with Crippen LogP contribution >= 0.6 is 11.3 Å². The van der Waals surface area contributed by atoms with Gasteiger partial charge >= 0.3 is 0 Å². The number of hydrogen-bond acceptors (Lipinski definition) is 4. The van der Waals surface area contributed by atoms with Crippen molar-refractivity contribution < 1.29 is 4.42 Å². The molecule has 0 N–H and O–H groups in total. The van der Waals surface area contributed by atoms with Crippen LogP contribution in [0.15, 0.2) is 172 Å². The van der Waals surface area contributed by atoms with Crippen LogP contribution in [0.1, 0.15) is 30.0 Å². The second kappa shape index (κ2) is 11.5. The molecule has 50 heavy (non-hydrogen) atoms. The molecule has 10 rings (SSSR count). The quantitative estimate of drug-likeness (QED) is 0.185. The van der Waals surface area contributed by atoms with Crippen molar-refractivity contribution in [2.24, 2.45) is 9.98 Å². The molecule has 0 unspecified atom stereocenters. The third-order valence-electron chi connectivity index (χ3n) is 9.91. The van der Waals surface area contributed by atoms with Crippen molar-refractivity contribution in [1.29, 1.82) is 0 Å². The number of furan rings is 1. The van der Waals surface area contributed by atoms with Gasteiger partial charge in [-0.3, -0.25) is 0 Å². The minimum atomic E-state index is 0.709. The van der Waals surface area contributed by atoms with E-state index in [9.17, 15) is 0 Å². The van der Waals surface area contributed by atoms with Gasteiger partial charge in [0.2, 0.25) is 0 Å². The van der Waals surface area contributed by atoms with Crippen LogP contribution in [0.25, 0.3) is 69.7 Å². The molecule has 0 aliphatic carbocycles. The van der Waals surface area contributed by atoms with Gasteiger partial charge in [-0.25, -0.2) is 9.98 Å². The molecule has 4 heteroatoms. The zero-order valence-corrected chi connectivity index (χ0v) is 28.2. The van der Waals surface area contributed by atoms with Crippen LogP contribution in [0.4, 0.5) is 0 Å². The topological polar surface area (TPSA) is 37.9 Å². The number of hydrogen-bond donors (Lipinski definition) is 0. The van der Waals surface area contributed by atoms with Crippen molar-refractivity contribution in [3.63, 3.8) is 0 Å². The molecule has 0 atom stereocenters. The van der Waals surface area contributed by atoms with Gasteiger partial charge in [0.25, 0.3) is 0 Å². The number of nitrogens with zero attached hydrogens (tertiary/aromatic N) is 2. The van der Waals surface area contributed by atoms with Crippen molar-refractivity contribution in [3.8, 4) is 11.1 Å². The monoisotopic (exact) mass is 658 g/mol. The highest BCUT2D eigenvalue weighted by Gasteiger charge is 2.21. The van der Waals surface area contributed by atoms with Gasteiger partial charge in [-0.05, 0) is 76.4 Å². The van der Waals surface area contributed by atoms with Crippen molar-refractivity contribution in [1.82, 2.24) is 0 Å². The molecule has 0 radical (unpaired) electrons. The van der Waals surface area contributed by atoms with E-state index in [4.69, 9.17) is 14.4 Å². The molecule has 9 aromatic rings. The Labute approximate surface area is 293 Å². The lowest BCUT2D eigenvalue weighted by Crippen LogP contribution is -2.06. The van der Waals surface area contributed by atoms with Crippen LogP contribution < -0.4 is 0 Å². The van der Waals surface area contributed by atoms with Gasteiger partial charge in [0.1, 0.15) is 11.2 Å². The minimum Gasteiger partial charge on any atom is -0.456 e. The first-order chi connectivity index (χ1) is 24.7. The maximum atomic E-state index is 6.28. The highest BCUT2D eigenvalue weighted by molar-refractivity contribution is 7.25. The van der Waals surface area contributed by atoms with Gasteiger partial charge in [0.05, 0.1) is 11.4 Å². The average molecular weight is 659 g/mol. The Balaban J connectivity index is 1.20. The Hall–Kier alpha value is -6.10. The normalized spacial score (nSPS) is 13.8. The summed E-state index contributed by atoms with van der Waals surface area (Å²) in [5.41, 5.74) is 10.5. The second-order valence-corrected chi connectivity index (χ2v) is 14.0. The molecule has 1 aliphatic heterocycles. The van der Waals surface area contributed by atoms with E-state index in [1.165, 1.54) is 25.7 Å². The second-order valence-electron chi connectivity index (χ2n) is 13.0. The van der Waals surface area contributed by atoms with E-state index in [2.05, 4.69) is 146 Å². The van der Waals surface area contributed by atoms with E-state index in [0.717, 1.165) is 77.8 Å². The van der Waals surface area contributed by atoms with Gasteiger partial charge in [-0.2, -0.15) is 0 Å². The largest absolute Gasteiger partial charge is 0.456 e. The van der Waals surface area contributed by atoms with Crippen LogP contribution in [-0.2, 0) is 0 Å². The van der Waals surface area contributed by atoms with Crippen molar-refractivity contribution in [2.75, 3.05) is 0 Å². The molecule has 0 spiro atoms. The number of rotatable bonds is 4. The fraction of sp³-hybridized carbons (Fsp3) is 0.0435. The summed E-state index contributed by atoms with van der Waals surface area (Å²) >= 11 is 1.84. The summed E-state index contributed by atoms with van der Waals surface area (Å²) in [7, 11) is 0. The first-order valence-electron chi connectivity index (χ1n) is 17.0. The van der Waals surface area contributed by atoms with Crippen LogP contribution in [0.2, 0.25) is 0 Å². The standard InChI is InChI=1S/C46H30N2OS/c1-28-26-39(29-12-3-2-4-13-29)47-46(48-45(28)30-22-25-43-38(27-30)34-16-8-10-21-42(34)50-43)36-24-23-33(31-14-5-6-15-32(31)36)35-18-11-20-41-44(35)37-17-7-9-19-40(37)49-41/h2-25,27H,26H2,1H3. The predicted octanol–water partition coefficient (Wildman–Crippen LogP) is 12.8. The Kier molecular flexibility index (Phi) is 6.64. The summed E-state index contributed by atoms with van der Waals surface area (Å²) in [5.74, 6) is 0.723. The van der Waals surface area contributed by atoms with Crippen LogP contribution in [-0.4, -0.2) is 11.5 Å². The molecular weight excluding hydrogens is 629 g/mol. The fourth-order valence-electron chi connectivity index (χ4n) is 7.56. The molecular formula is C46H30N2OS. The lowest BCUT2D eigenvalue weighted by Gasteiger charge is -2.13. The molecule has 0 amide bonds. The zero-order chi connectivity index (χ0) is 33.2. The average Bonchev–Trinajstić information content (AvgIpc) is 3.68. The summed E-state index contributed by atoms with van der Waals surface area (Å²) in [4.78, 5) is 10.9. The fourth-order valence-corrected chi connectivity index (χ4v) is 8.64. The van der Waals surface area contributed by atoms with E-state index in [-0.39, 0.29) is 0 Å². The third-order valence-corrected chi connectivity index (χ3v) is 11.1. The number of amidine groups is 1. The van der Waals surface area contributed by atoms with Crippen LogP contribution in [0, 0.1) is 0 Å². The Morgan fingerprint density at radius 2 is 1.18 bits per heavy atom.